The zero-order valence-electron chi connectivity index (χ0n) is 15.0. The number of methoxy groups -OCH3 is 1. The second kappa shape index (κ2) is 11.7. The fraction of sp³-hybridized carbons (Fsp3) is 0.471. The van der Waals surface area contributed by atoms with Gasteiger partial charge in [0, 0.05) is 26.1 Å². The van der Waals surface area contributed by atoms with Crippen molar-refractivity contribution < 1.29 is 4.74 Å². The van der Waals surface area contributed by atoms with Gasteiger partial charge in [-0.1, -0.05) is 19.1 Å². The van der Waals surface area contributed by atoms with Gasteiger partial charge in [-0.3, -0.25) is 0 Å². The lowest BCUT2D eigenvalue weighted by Gasteiger charge is -2.12. The van der Waals surface area contributed by atoms with E-state index in [9.17, 15) is 0 Å². The molecule has 0 aliphatic rings. The van der Waals surface area contributed by atoms with E-state index < -0.39 is 0 Å². The highest BCUT2D eigenvalue weighted by Gasteiger charge is 2.02. The fourth-order valence-electron chi connectivity index (χ4n) is 2.32. The zero-order chi connectivity index (χ0) is 17.2. The Kier molecular flexibility index (Phi) is 9.90. The predicted octanol–water partition coefficient (Wildman–Crippen LogP) is 2.22. The van der Waals surface area contributed by atoms with Crippen molar-refractivity contribution >= 4 is 29.9 Å². The average molecular weight is 458 g/mol. The van der Waals surface area contributed by atoms with Gasteiger partial charge in [-0.15, -0.1) is 34.2 Å². The number of hydrogen-bond acceptors (Lipinski definition) is 4. The summed E-state index contributed by atoms with van der Waals surface area (Å²) < 4.78 is 7.30. The van der Waals surface area contributed by atoms with Crippen LogP contribution in [0.2, 0.25) is 0 Å². The molecule has 0 amide bonds. The molecule has 8 heteroatoms. The van der Waals surface area contributed by atoms with Crippen molar-refractivity contribution in [2.24, 2.45) is 4.99 Å². The van der Waals surface area contributed by atoms with Gasteiger partial charge in [-0.2, -0.15) is 0 Å². The molecule has 0 saturated heterocycles. The number of benzene rings is 1. The summed E-state index contributed by atoms with van der Waals surface area (Å²) in [7, 11) is 1.67. The van der Waals surface area contributed by atoms with Gasteiger partial charge >= 0.3 is 0 Å². The first-order chi connectivity index (χ1) is 11.8. The molecule has 0 aliphatic carbocycles. The number of guanidine groups is 1. The molecule has 2 rings (SSSR count). The number of rotatable bonds is 8. The van der Waals surface area contributed by atoms with Crippen LogP contribution in [0, 0.1) is 0 Å². The maximum Gasteiger partial charge on any atom is 0.191 e. The fourth-order valence-corrected chi connectivity index (χ4v) is 2.32. The Bertz CT molecular complexity index is 658. The van der Waals surface area contributed by atoms with E-state index in [1.54, 1.807) is 13.4 Å². The summed E-state index contributed by atoms with van der Waals surface area (Å²) in [5.41, 5.74) is 1.11. The van der Waals surface area contributed by atoms with Crippen molar-refractivity contribution in [3.05, 3.63) is 42.0 Å². The number of ether oxygens (including phenoxy) is 1. The first kappa shape index (κ1) is 21.2. The molecule has 0 spiro atoms. The number of aromatic nitrogens is 3. The molecule has 2 aromatic rings. The molecule has 0 atom stereocenters. The molecular weight excluding hydrogens is 431 g/mol. The maximum absolute atomic E-state index is 5.24. The number of aliphatic imine (C=N–C) groups is 1. The first-order valence-corrected chi connectivity index (χ1v) is 8.28. The van der Waals surface area contributed by atoms with Gasteiger partial charge in [0.15, 0.2) is 5.96 Å². The number of nitrogens with zero attached hydrogens (tertiary/aromatic N) is 4. The summed E-state index contributed by atoms with van der Waals surface area (Å²) in [4.78, 5) is 4.62. The van der Waals surface area contributed by atoms with Crippen molar-refractivity contribution in [3.8, 4) is 5.75 Å². The van der Waals surface area contributed by atoms with Crippen molar-refractivity contribution in [1.29, 1.82) is 0 Å². The Labute approximate surface area is 166 Å². The molecule has 1 aromatic heterocycles. The van der Waals surface area contributed by atoms with Crippen molar-refractivity contribution in [2.75, 3.05) is 20.2 Å². The predicted molar refractivity (Wildman–Crippen MR) is 111 cm³/mol. The Morgan fingerprint density at radius 1 is 1.28 bits per heavy atom. The van der Waals surface area contributed by atoms with Crippen molar-refractivity contribution in [2.45, 2.75) is 33.4 Å². The number of hydrogen-bond donors (Lipinski definition) is 2. The van der Waals surface area contributed by atoms with Crippen LogP contribution in [0.1, 0.15) is 25.2 Å². The Balaban J connectivity index is 0.00000312. The van der Waals surface area contributed by atoms with E-state index in [-0.39, 0.29) is 24.0 Å². The van der Waals surface area contributed by atoms with Crippen molar-refractivity contribution in [1.82, 2.24) is 25.4 Å². The van der Waals surface area contributed by atoms with Crippen LogP contribution in [0.5, 0.6) is 5.75 Å². The topological polar surface area (TPSA) is 76.4 Å². The molecule has 0 unspecified atom stereocenters. The third-order valence-corrected chi connectivity index (χ3v) is 3.56. The SMILES string of the molecule is CCNC(=NCc1cccc(OC)c1)NCCn1cnnc1CC.I. The molecule has 0 bridgehead atoms. The Hall–Kier alpha value is -1.84. The molecule has 1 heterocycles. The van der Waals surface area contributed by atoms with Crippen LogP contribution in [-0.2, 0) is 19.5 Å². The summed E-state index contributed by atoms with van der Waals surface area (Å²) in [6.07, 6.45) is 2.64. The Morgan fingerprint density at radius 3 is 2.84 bits per heavy atom. The summed E-state index contributed by atoms with van der Waals surface area (Å²) in [5, 5.41) is 14.6. The van der Waals surface area contributed by atoms with Gasteiger partial charge in [0.1, 0.15) is 17.9 Å². The van der Waals surface area contributed by atoms with E-state index >= 15 is 0 Å². The lowest BCUT2D eigenvalue weighted by atomic mass is 10.2. The van der Waals surface area contributed by atoms with Crippen LogP contribution >= 0.6 is 24.0 Å². The van der Waals surface area contributed by atoms with Crippen molar-refractivity contribution in [3.63, 3.8) is 0 Å². The molecule has 7 nitrogen and oxygen atoms in total. The molecule has 138 valence electrons. The lowest BCUT2D eigenvalue weighted by Crippen LogP contribution is -2.38. The largest absolute Gasteiger partial charge is 0.497 e. The molecule has 0 radical (unpaired) electrons. The quantitative estimate of drug-likeness (QED) is 0.361. The van der Waals surface area contributed by atoms with Gasteiger partial charge in [-0.25, -0.2) is 4.99 Å². The molecule has 0 saturated carbocycles. The van der Waals surface area contributed by atoms with E-state index in [1.807, 2.05) is 24.3 Å². The smallest absolute Gasteiger partial charge is 0.191 e. The summed E-state index contributed by atoms with van der Waals surface area (Å²) in [6, 6.07) is 7.95. The molecule has 25 heavy (non-hydrogen) atoms. The second-order valence-corrected chi connectivity index (χ2v) is 5.27. The van der Waals surface area contributed by atoms with Gasteiger partial charge in [0.05, 0.1) is 13.7 Å². The molecule has 1 aromatic carbocycles. The molecular formula is C17H27IN6O. The van der Waals surface area contributed by atoms with Gasteiger partial charge in [0.25, 0.3) is 0 Å². The minimum absolute atomic E-state index is 0. The standard InChI is InChI=1S/C17H26N6O.HI/c1-4-16-22-21-13-23(16)10-9-19-17(18-5-2)20-12-14-7-6-8-15(11-14)24-3;/h6-8,11,13H,4-5,9-10,12H2,1-3H3,(H2,18,19,20);1H. The number of nitrogens with one attached hydrogen (secondary N) is 2. The summed E-state index contributed by atoms with van der Waals surface area (Å²) in [6.45, 7) is 7.11. The maximum atomic E-state index is 5.24. The van der Waals surface area contributed by atoms with E-state index in [4.69, 9.17) is 4.74 Å². The summed E-state index contributed by atoms with van der Waals surface area (Å²) in [5.74, 6) is 2.64. The average Bonchev–Trinajstić information content (AvgIpc) is 3.07. The molecule has 2 N–H and O–H groups in total. The van der Waals surface area contributed by atoms with Crippen LogP contribution in [0.3, 0.4) is 0 Å². The lowest BCUT2D eigenvalue weighted by molar-refractivity contribution is 0.414. The van der Waals surface area contributed by atoms with Crippen LogP contribution in [0.25, 0.3) is 0 Å². The van der Waals surface area contributed by atoms with Gasteiger partial charge in [-0.05, 0) is 24.6 Å². The van der Waals surface area contributed by atoms with E-state index in [1.165, 1.54) is 0 Å². The second-order valence-electron chi connectivity index (χ2n) is 5.27. The van der Waals surface area contributed by atoms with Gasteiger partial charge in [0.2, 0.25) is 0 Å². The monoisotopic (exact) mass is 458 g/mol. The molecule has 0 fully saturated rings. The van der Waals surface area contributed by atoms with E-state index in [2.05, 4.69) is 44.2 Å². The summed E-state index contributed by atoms with van der Waals surface area (Å²) >= 11 is 0. The van der Waals surface area contributed by atoms with Crippen LogP contribution in [0.4, 0.5) is 0 Å². The molecule has 0 aliphatic heterocycles. The van der Waals surface area contributed by atoms with Crippen LogP contribution < -0.4 is 15.4 Å². The van der Waals surface area contributed by atoms with E-state index in [0.29, 0.717) is 6.54 Å². The minimum Gasteiger partial charge on any atom is -0.497 e. The zero-order valence-corrected chi connectivity index (χ0v) is 17.4. The third-order valence-electron chi connectivity index (χ3n) is 3.56. The third kappa shape index (κ3) is 6.89. The number of halogens is 1. The highest BCUT2D eigenvalue weighted by atomic mass is 127. The normalized spacial score (nSPS) is 10.9. The highest BCUT2D eigenvalue weighted by Crippen LogP contribution is 2.13. The van der Waals surface area contributed by atoms with Gasteiger partial charge < -0.3 is 19.9 Å². The first-order valence-electron chi connectivity index (χ1n) is 8.28. The van der Waals surface area contributed by atoms with Crippen LogP contribution in [-0.4, -0.2) is 40.9 Å². The number of aryl methyl sites for hydroxylation is 1. The highest BCUT2D eigenvalue weighted by molar-refractivity contribution is 14.0. The van der Waals surface area contributed by atoms with Crippen LogP contribution in [0.15, 0.2) is 35.6 Å². The Morgan fingerprint density at radius 2 is 2.12 bits per heavy atom. The van der Waals surface area contributed by atoms with E-state index in [0.717, 1.165) is 49.2 Å². The minimum atomic E-state index is 0.